The summed E-state index contributed by atoms with van der Waals surface area (Å²) in [5, 5.41) is 8.16. The van der Waals surface area contributed by atoms with Crippen molar-refractivity contribution in [2.24, 2.45) is 12.0 Å². The van der Waals surface area contributed by atoms with Gasteiger partial charge in [0.25, 0.3) is 0 Å². The Kier molecular flexibility index (Phi) is 8.49. The topological polar surface area (TPSA) is 51.9 Å². The van der Waals surface area contributed by atoms with Gasteiger partial charge < -0.3 is 10.2 Å². The van der Waals surface area contributed by atoms with Gasteiger partial charge in [-0.15, -0.1) is 0 Å². The third-order valence-electron chi connectivity index (χ3n) is 5.89. The Morgan fingerprint density at radius 2 is 1.81 bits per heavy atom. The van der Waals surface area contributed by atoms with Crippen molar-refractivity contribution >= 4 is 5.96 Å². The van der Waals surface area contributed by atoms with Crippen LogP contribution in [0.2, 0.25) is 0 Å². The SMILES string of the molecule is CN=C(NCCN1CCN(Cc2ccccc2)CC1)N(C)Cc1cn(C)nc1C(C)C. The monoisotopic (exact) mass is 425 g/mol. The van der Waals surface area contributed by atoms with Gasteiger partial charge in [-0.2, -0.15) is 5.10 Å². The molecule has 1 aliphatic rings. The van der Waals surface area contributed by atoms with E-state index in [2.05, 4.69) is 87.5 Å². The minimum absolute atomic E-state index is 0.417. The number of aliphatic imine (C=N–C) groups is 1. The van der Waals surface area contributed by atoms with Gasteiger partial charge in [0.1, 0.15) is 0 Å². The number of aryl methyl sites for hydroxylation is 1. The van der Waals surface area contributed by atoms with Gasteiger partial charge in [0.2, 0.25) is 0 Å². The summed E-state index contributed by atoms with van der Waals surface area (Å²) in [6, 6.07) is 10.8. The molecule has 1 saturated heterocycles. The van der Waals surface area contributed by atoms with Crippen molar-refractivity contribution in [3.63, 3.8) is 0 Å². The second-order valence-electron chi connectivity index (χ2n) is 8.80. The summed E-state index contributed by atoms with van der Waals surface area (Å²) in [4.78, 5) is 11.8. The Labute approximate surface area is 187 Å². The number of hydrogen-bond donors (Lipinski definition) is 1. The van der Waals surface area contributed by atoms with Crippen LogP contribution in [-0.2, 0) is 20.1 Å². The van der Waals surface area contributed by atoms with Gasteiger partial charge in [0.05, 0.1) is 5.69 Å². The van der Waals surface area contributed by atoms with Crippen LogP contribution in [0, 0.1) is 0 Å². The smallest absolute Gasteiger partial charge is 0.193 e. The van der Waals surface area contributed by atoms with Gasteiger partial charge in [0.15, 0.2) is 5.96 Å². The molecule has 0 spiro atoms. The molecule has 0 unspecified atom stereocenters. The van der Waals surface area contributed by atoms with Crippen LogP contribution < -0.4 is 5.32 Å². The van der Waals surface area contributed by atoms with Gasteiger partial charge in [-0.25, -0.2) is 0 Å². The van der Waals surface area contributed by atoms with Gasteiger partial charge in [-0.05, 0) is 11.5 Å². The number of nitrogens with zero attached hydrogens (tertiary/aromatic N) is 6. The van der Waals surface area contributed by atoms with Crippen LogP contribution >= 0.6 is 0 Å². The molecule has 7 heteroatoms. The Hall–Kier alpha value is -2.38. The number of rotatable bonds is 8. The van der Waals surface area contributed by atoms with Crippen LogP contribution in [0.15, 0.2) is 41.5 Å². The highest BCUT2D eigenvalue weighted by molar-refractivity contribution is 5.79. The number of aromatic nitrogens is 2. The standard InChI is InChI=1S/C24H39N7/c1-20(2)23-22(19-29(5)27-23)18-28(4)24(25-3)26-11-12-30-13-15-31(16-14-30)17-21-9-7-6-8-10-21/h6-10,19-20H,11-18H2,1-5H3,(H,25,26). The predicted octanol–water partition coefficient (Wildman–Crippen LogP) is 2.37. The Balaban J connectivity index is 1.40. The molecule has 1 aromatic heterocycles. The molecule has 0 atom stereocenters. The zero-order valence-corrected chi connectivity index (χ0v) is 19.9. The van der Waals surface area contributed by atoms with E-state index in [1.807, 2.05) is 18.8 Å². The lowest BCUT2D eigenvalue weighted by molar-refractivity contribution is 0.128. The van der Waals surface area contributed by atoms with E-state index in [4.69, 9.17) is 0 Å². The molecule has 1 fully saturated rings. The summed E-state index contributed by atoms with van der Waals surface area (Å²) >= 11 is 0. The lowest BCUT2D eigenvalue weighted by Gasteiger charge is -2.35. The van der Waals surface area contributed by atoms with Crippen molar-refractivity contribution in [2.45, 2.75) is 32.9 Å². The average molecular weight is 426 g/mol. The van der Waals surface area contributed by atoms with Crippen molar-refractivity contribution < 1.29 is 0 Å². The molecule has 3 rings (SSSR count). The fourth-order valence-corrected chi connectivity index (χ4v) is 4.22. The van der Waals surface area contributed by atoms with Crippen molar-refractivity contribution in [3.05, 3.63) is 53.3 Å². The second kappa shape index (κ2) is 11.3. The van der Waals surface area contributed by atoms with Gasteiger partial charge in [-0.3, -0.25) is 19.5 Å². The average Bonchev–Trinajstić information content (AvgIpc) is 3.13. The highest BCUT2D eigenvalue weighted by atomic mass is 15.3. The summed E-state index contributed by atoms with van der Waals surface area (Å²) in [6.07, 6.45) is 2.12. The normalized spacial score (nSPS) is 16.1. The maximum Gasteiger partial charge on any atom is 0.193 e. The van der Waals surface area contributed by atoms with Crippen molar-refractivity contribution in [2.75, 3.05) is 53.4 Å². The van der Waals surface area contributed by atoms with Crippen LogP contribution in [0.4, 0.5) is 0 Å². The van der Waals surface area contributed by atoms with Crippen molar-refractivity contribution in [3.8, 4) is 0 Å². The van der Waals surface area contributed by atoms with Crippen LogP contribution in [-0.4, -0.2) is 83.8 Å². The summed E-state index contributed by atoms with van der Waals surface area (Å²) < 4.78 is 1.91. The molecule has 1 aliphatic heterocycles. The molecule has 1 aromatic carbocycles. The number of guanidine groups is 1. The van der Waals surface area contributed by atoms with Crippen LogP contribution in [0.5, 0.6) is 0 Å². The lowest BCUT2D eigenvalue weighted by atomic mass is 10.1. The Morgan fingerprint density at radius 3 is 2.45 bits per heavy atom. The highest BCUT2D eigenvalue weighted by Gasteiger charge is 2.18. The predicted molar refractivity (Wildman–Crippen MR) is 128 cm³/mol. The molecule has 2 aromatic rings. The molecular weight excluding hydrogens is 386 g/mol. The highest BCUT2D eigenvalue weighted by Crippen LogP contribution is 2.18. The van der Waals surface area contributed by atoms with Crippen molar-refractivity contribution in [1.29, 1.82) is 0 Å². The largest absolute Gasteiger partial charge is 0.355 e. The molecule has 2 heterocycles. The molecule has 0 radical (unpaired) electrons. The van der Waals surface area contributed by atoms with Crippen molar-refractivity contribution in [1.82, 2.24) is 29.8 Å². The molecule has 0 bridgehead atoms. The number of nitrogens with one attached hydrogen (secondary N) is 1. The van der Waals surface area contributed by atoms with E-state index >= 15 is 0 Å². The molecule has 1 N–H and O–H groups in total. The van der Waals surface area contributed by atoms with Crippen LogP contribution in [0.1, 0.15) is 36.6 Å². The first-order chi connectivity index (χ1) is 15.0. The van der Waals surface area contributed by atoms with E-state index in [0.717, 1.165) is 64.0 Å². The van der Waals surface area contributed by atoms with E-state index in [0.29, 0.717) is 5.92 Å². The molecule has 170 valence electrons. The minimum atomic E-state index is 0.417. The summed E-state index contributed by atoms with van der Waals surface area (Å²) in [6.45, 7) is 12.7. The Bertz CT molecular complexity index is 820. The van der Waals surface area contributed by atoms with E-state index < -0.39 is 0 Å². The summed E-state index contributed by atoms with van der Waals surface area (Å²) in [5.74, 6) is 1.35. The third kappa shape index (κ3) is 6.80. The molecule has 0 saturated carbocycles. The van der Waals surface area contributed by atoms with E-state index in [1.54, 1.807) is 0 Å². The molecular formula is C24H39N7. The maximum atomic E-state index is 4.62. The first-order valence-electron chi connectivity index (χ1n) is 11.4. The number of benzene rings is 1. The van der Waals surface area contributed by atoms with Gasteiger partial charge >= 0.3 is 0 Å². The van der Waals surface area contributed by atoms with Crippen LogP contribution in [0.3, 0.4) is 0 Å². The first-order valence-corrected chi connectivity index (χ1v) is 11.4. The zero-order chi connectivity index (χ0) is 22.2. The van der Waals surface area contributed by atoms with Gasteiger partial charge in [0, 0.05) is 85.3 Å². The summed E-state index contributed by atoms with van der Waals surface area (Å²) in [5.41, 5.74) is 3.83. The molecule has 7 nitrogen and oxygen atoms in total. The van der Waals surface area contributed by atoms with E-state index in [9.17, 15) is 0 Å². The molecule has 0 aliphatic carbocycles. The quantitative estimate of drug-likeness (QED) is 0.520. The number of piperazine rings is 1. The van der Waals surface area contributed by atoms with E-state index in [1.165, 1.54) is 11.1 Å². The maximum absolute atomic E-state index is 4.62. The lowest BCUT2D eigenvalue weighted by Crippen LogP contribution is -2.49. The molecule has 31 heavy (non-hydrogen) atoms. The Morgan fingerprint density at radius 1 is 1.13 bits per heavy atom. The fourth-order valence-electron chi connectivity index (χ4n) is 4.22. The van der Waals surface area contributed by atoms with E-state index in [-0.39, 0.29) is 0 Å². The van der Waals surface area contributed by atoms with Gasteiger partial charge in [-0.1, -0.05) is 44.2 Å². The third-order valence-corrected chi connectivity index (χ3v) is 5.89. The zero-order valence-electron chi connectivity index (χ0n) is 19.9. The molecule has 0 amide bonds. The number of hydrogen-bond acceptors (Lipinski definition) is 4. The van der Waals surface area contributed by atoms with Crippen LogP contribution in [0.25, 0.3) is 0 Å². The second-order valence-corrected chi connectivity index (χ2v) is 8.80. The first kappa shape index (κ1) is 23.3. The summed E-state index contributed by atoms with van der Waals surface area (Å²) in [7, 11) is 5.94. The minimum Gasteiger partial charge on any atom is -0.355 e. The fraction of sp³-hybridized carbons (Fsp3) is 0.583.